The normalized spacial score (nSPS) is 19.2. The molecule has 1 fully saturated rings. The fourth-order valence-corrected chi connectivity index (χ4v) is 4.60. The summed E-state index contributed by atoms with van der Waals surface area (Å²) in [5.74, 6) is 1.20. The number of aromatic nitrogens is 2. The molecule has 2 aromatic carbocycles. The second-order valence-corrected chi connectivity index (χ2v) is 8.03. The minimum Gasteiger partial charge on any atom is -0.501 e. The number of imidazole rings is 1. The molecule has 0 aliphatic heterocycles. The molecule has 4 heteroatoms. The summed E-state index contributed by atoms with van der Waals surface area (Å²) in [5.41, 5.74) is 8.81. The highest BCUT2D eigenvalue weighted by atomic mass is 16.5. The number of aromatic amines is 1. The Morgan fingerprint density at radius 2 is 1.97 bits per heavy atom. The molecule has 0 amide bonds. The SMILES string of the molecule is COC1=C2C[C@H](NCc3ccc(-c4ccc5nc[nH]c5c4)cc3)CCC2=CCC1. The van der Waals surface area contributed by atoms with Crippen LogP contribution in [-0.4, -0.2) is 23.1 Å². The summed E-state index contributed by atoms with van der Waals surface area (Å²) in [4.78, 5) is 7.48. The summed E-state index contributed by atoms with van der Waals surface area (Å²) in [6.45, 7) is 0.902. The Hall–Kier alpha value is -2.85. The molecule has 0 spiro atoms. The molecule has 2 N–H and O–H groups in total. The molecule has 0 unspecified atom stereocenters. The van der Waals surface area contributed by atoms with E-state index in [0.717, 1.165) is 43.3 Å². The first-order valence-electron chi connectivity index (χ1n) is 10.5. The van der Waals surface area contributed by atoms with Gasteiger partial charge < -0.3 is 15.0 Å². The minimum absolute atomic E-state index is 0.521. The smallest absolute Gasteiger partial charge is 0.0993 e. The van der Waals surface area contributed by atoms with Crippen LogP contribution in [0.5, 0.6) is 0 Å². The van der Waals surface area contributed by atoms with Gasteiger partial charge in [-0.2, -0.15) is 0 Å². The van der Waals surface area contributed by atoms with Crippen LogP contribution in [0.3, 0.4) is 0 Å². The number of allylic oxidation sites excluding steroid dienone is 3. The van der Waals surface area contributed by atoms with Gasteiger partial charge in [0, 0.05) is 19.0 Å². The molecular formula is C25H27N3O. The van der Waals surface area contributed by atoms with Crippen molar-refractivity contribution in [3.63, 3.8) is 0 Å². The van der Waals surface area contributed by atoms with E-state index in [0.29, 0.717) is 6.04 Å². The number of hydrogen-bond acceptors (Lipinski definition) is 3. The minimum atomic E-state index is 0.521. The number of nitrogens with one attached hydrogen (secondary N) is 2. The molecule has 5 rings (SSSR count). The Morgan fingerprint density at radius 3 is 2.83 bits per heavy atom. The number of hydrogen-bond donors (Lipinski definition) is 2. The van der Waals surface area contributed by atoms with E-state index in [9.17, 15) is 0 Å². The lowest BCUT2D eigenvalue weighted by molar-refractivity contribution is 0.265. The standard InChI is InChI=1S/C25H27N3O/c1-29-25-4-2-3-19-9-11-21(14-22(19)25)26-15-17-5-7-18(8-6-17)20-10-12-23-24(13-20)28-16-27-23/h3,5-8,10,12-13,16,21,26H,2,4,9,11,14-15H2,1H3,(H,27,28)/t21-/m1/s1. The highest BCUT2D eigenvalue weighted by Gasteiger charge is 2.25. The van der Waals surface area contributed by atoms with Gasteiger partial charge in [0.15, 0.2) is 0 Å². The largest absolute Gasteiger partial charge is 0.501 e. The van der Waals surface area contributed by atoms with Crippen molar-refractivity contribution >= 4 is 11.0 Å². The van der Waals surface area contributed by atoms with Gasteiger partial charge in [0.25, 0.3) is 0 Å². The molecular weight excluding hydrogens is 358 g/mol. The molecule has 3 aromatic rings. The Kier molecular flexibility index (Phi) is 4.94. The molecule has 4 nitrogen and oxygen atoms in total. The Bertz CT molecular complexity index is 1070. The maximum Gasteiger partial charge on any atom is 0.0993 e. The van der Waals surface area contributed by atoms with Crippen molar-refractivity contribution in [1.29, 1.82) is 0 Å². The van der Waals surface area contributed by atoms with Gasteiger partial charge in [0.2, 0.25) is 0 Å². The lowest BCUT2D eigenvalue weighted by atomic mass is 9.81. The van der Waals surface area contributed by atoms with Crippen molar-refractivity contribution < 1.29 is 4.74 Å². The summed E-state index contributed by atoms with van der Waals surface area (Å²) in [6, 6.07) is 15.8. The third-order valence-electron chi connectivity index (χ3n) is 6.25. The zero-order valence-corrected chi connectivity index (χ0v) is 16.9. The van der Waals surface area contributed by atoms with E-state index in [1.54, 1.807) is 6.33 Å². The first-order valence-corrected chi connectivity index (χ1v) is 10.5. The Morgan fingerprint density at radius 1 is 1.10 bits per heavy atom. The monoisotopic (exact) mass is 385 g/mol. The van der Waals surface area contributed by atoms with Gasteiger partial charge in [-0.25, -0.2) is 4.98 Å². The highest BCUT2D eigenvalue weighted by molar-refractivity contribution is 5.81. The predicted molar refractivity (Wildman–Crippen MR) is 117 cm³/mol. The van der Waals surface area contributed by atoms with Gasteiger partial charge in [0.05, 0.1) is 30.2 Å². The van der Waals surface area contributed by atoms with E-state index >= 15 is 0 Å². The first kappa shape index (κ1) is 18.2. The summed E-state index contributed by atoms with van der Waals surface area (Å²) in [5, 5.41) is 3.77. The fourth-order valence-electron chi connectivity index (χ4n) is 4.60. The van der Waals surface area contributed by atoms with Gasteiger partial charge in [0.1, 0.15) is 0 Å². The van der Waals surface area contributed by atoms with Crippen LogP contribution in [0.4, 0.5) is 0 Å². The van der Waals surface area contributed by atoms with E-state index in [-0.39, 0.29) is 0 Å². The van der Waals surface area contributed by atoms with Crippen LogP contribution in [0.25, 0.3) is 22.2 Å². The predicted octanol–water partition coefficient (Wildman–Crippen LogP) is 5.49. The zero-order chi connectivity index (χ0) is 19.6. The van der Waals surface area contributed by atoms with Crippen LogP contribution in [0.1, 0.15) is 37.7 Å². The van der Waals surface area contributed by atoms with Gasteiger partial charge in [-0.1, -0.05) is 36.4 Å². The second kappa shape index (κ2) is 7.88. The molecule has 1 heterocycles. The molecule has 148 valence electrons. The van der Waals surface area contributed by atoms with E-state index in [4.69, 9.17) is 4.74 Å². The third-order valence-corrected chi connectivity index (χ3v) is 6.25. The number of fused-ring (bicyclic) bond motifs is 2. The van der Waals surface area contributed by atoms with E-state index in [1.807, 2.05) is 7.11 Å². The van der Waals surface area contributed by atoms with Crippen LogP contribution in [0.2, 0.25) is 0 Å². The van der Waals surface area contributed by atoms with Crippen molar-refractivity contribution in [3.8, 4) is 11.1 Å². The molecule has 1 saturated carbocycles. The molecule has 1 atom stereocenters. The van der Waals surface area contributed by atoms with Crippen molar-refractivity contribution in [2.75, 3.05) is 7.11 Å². The average Bonchev–Trinajstić information content (AvgIpc) is 3.25. The quantitative estimate of drug-likeness (QED) is 0.610. The molecule has 0 radical (unpaired) electrons. The molecule has 0 saturated heterocycles. The van der Waals surface area contributed by atoms with Gasteiger partial charge in [-0.05, 0) is 65.7 Å². The van der Waals surface area contributed by atoms with Crippen LogP contribution in [0, 0.1) is 0 Å². The second-order valence-electron chi connectivity index (χ2n) is 8.03. The van der Waals surface area contributed by atoms with Crippen molar-refractivity contribution in [2.45, 2.75) is 44.7 Å². The molecule has 2 aliphatic carbocycles. The highest BCUT2D eigenvalue weighted by Crippen LogP contribution is 2.36. The lowest BCUT2D eigenvalue weighted by Crippen LogP contribution is -2.32. The van der Waals surface area contributed by atoms with Gasteiger partial charge >= 0.3 is 0 Å². The summed E-state index contributed by atoms with van der Waals surface area (Å²) >= 11 is 0. The summed E-state index contributed by atoms with van der Waals surface area (Å²) < 4.78 is 5.65. The lowest BCUT2D eigenvalue weighted by Gasteiger charge is -2.31. The summed E-state index contributed by atoms with van der Waals surface area (Å²) in [7, 11) is 1.81. The Labute approximate surface area is 171 Å². The fraction of sp³-hybridized carbons (Fsp3) is 0.320. The van der Waals surface area contributed by atoms with E-state index in [2.05, 4.69) is 63.8 Å². The Balaban J connectivity index is 1.24. The number of nitrogens with zero attached hydrogens (tertiary/aromatic N) is 1. The number of methoxy groups -OCH3 is 1. The number of rotatable bonds is 5. The maximum absolute atomic E-state index is 5.65. The van der Waals surface area contributed by atoms with Crippen LogP contribution in [0.15, 0.2) is 71.8 Å². The average molecular weight is 386 g/mol. The van der Waals surface area contributed by atoms with Crippen LogP contribution >= 0.6 is 0 Å². The van der Waals surface area contributed by atoms with Crippen molar-refractivity contribution in [3.05, 3.63) is 77.3 Å². The van der Waals surface area contributed by atoms with Gasteiger partial charge in [-0.3, -0.25) is 0 Å². The topological polar surface area (TPSA) is 49.9 Å². The van der Waals surface area contributed by atoms with E-state index in [1.165, 1.54) is 40.0 Å². The van der Waals surface area contributed by atoms with E-state index < -0.39 is 0 Å². The summed E-state index contributed by atoms with van der Waals surface area (Å²) in [6.07, 6.45) is 9.77. The number of ether oxygens (including phenoxy) is 1. The zero-order valence-electron chi connectivity index (χ0n) is 16.9. The van der Waals surface area contributed by atoms with Crippen LogP contribution in [-0.2, 0) is 11.3 Å². The number of H-pyrrole nitrogens is 1. The third kappa shape index (κ3) is 3.73. The molecule has 0 bridgehead atoms. The van der Waals surface area contributed by atoms with Crippen molar-refractivity contribution in [1.82, 2.24) is 15.3 Å². The maximum atomic E-state index is 5.65. The number of benzene rings is 2. The van der Waals surface area contributed by atoms with Gasteiger partial charge in [-0.15, -0.1) is 0 Å². The molecule has 1 aromatic heterocycles. The van der Waals surface area contributed by atoms with Crippen molar-refractivity contribution in [2.24, 2.45) is 0 Å². The first-order chi connectivity index (χ1) is 14.3. The van der Waals surface area contributed by atoms with Crippen LogP contribution < -0.4 is 5.32 Å². The molecule has 2 aliphatic rings. The molecule has 29 heavy (non-hydrogen) atoms.